The van der Waals surface area contributed by atoms with Gasteiger partial charge in [-0.05, 0) is 31.4 Å². The topological polar surface area (TPSA) is 56.7 Å². The number of rotatable bonds is 1. The van der Waals surface area contributed by atoms with E-state index in [1.807, 2.05) is 11.8 Å². The number of hydrogen-bond donors (Lipinski definition) is 1. The first-order chi connectivity index (χ1) is 7.86. The zero-order valence-electron chi connectivity index (χ0n) is 9.43. The molecule has 3 rings (SSSR count). The molecule has 2 aliphatic heterocycles. The van der Waals surface area contributed by atoms with Crippen molar-refractivity contribution >= 4 is 11.8 Å². The Morgan fingerprint density at radius 2 is 2.00 bits per heavy atom. The van der Waals surface area contributed by atoms with Crippen LogP contribution >= 0.6 is 11.8 Å². The van der Waals surface area contributed by atoms with E-state index in [1.54, 1.807) is 0 Å². The van der Waals surface area contributed by atoms with Crippen molar-refractivity contribution in [2.45, 2.75) is 49.9 Å². The third-order valence-electron chi connectivity index (χ3n) is 3.50. The lowest BCUT2D eigenvalue weighted by Gasteiger charge is -2.25. The molecular weight excluding hydrogens is 220 g/mol. The van der Waals surface area contributed by atoms with Crippen LogP contribution in [0.4, 0.5) is 0 Å². The SMILES string of the molecule is NC1CCCn2c1nnc2C1CCCCS1. The summed E-state index contributed by atoms with van der Waals surface area (Å²) in [4.78, 5) is 0. The van der Waals surface area contributed by atoms with E-state index < -0.39 is 0 Å². The average molecular weight is 238 g/mol. The van der Waals surface area contributed by atoms with Gasteiger partial charge in [0.2, 0.25) is 0 Å². The second-order valence-corrected chi connectivity index (χ2v) is 5.98. The van der Waals surface area contributed by atoms with Gasteiger partial charge in [0.15, 0.2) is 0 Å². The van der Waals surface area contributed by atoms with Crippen molar-refractivity contribution in [3.8, 4) is 0 Å². The largest absolute Gasteiger partial charge is 0.321 e. The smallest absolute Gasteiger partial charge is 0.150 e. The lowest BCUT2D eigenvalue weighted by Crippen LogP contribution is -2.24. The van der Waals surface area contributed by atoms with Crippen LogP contribution < -0.4 is 5.73 Å². The fourth-order valence-corrected chi connectivity index (χ4v) is 3.92. The van der Waals surface area contributed by atoms with E-state index in [0.29, 0.717) is 5.25 Å². The van der Waals surface area contributed by atoms with E-state index in [0.717, 1.165) is 25.2 Å². The highest BCUT2D eigenvalue weighted by Crippen LogP contribution is 2.38. The molecule has 0 aromatic carbocycles. The molecule has 1 fully saturated rings. The first kappa shape index (κ1) is 10.6. The zero-order valence-corrected chi connectivity index (χ0v) is 10.2. The number of fused-ring (bicyclic) bond motifs is 1. The molecule has 3 heterocycles. The standard InChI is InChI=1S/C11H18N4S/c12-8-4-3-6-15-10(8)13-14-11(15)9-5-1-2-7-16-9/h8-9H,1-7,12H2. The second-order valence-electron chi connectivity index (χ2n) is 4.67. The van der Waals surface area contributed by atoms with Crippen LogP contribution in [-0.4, -0.2) is 20.5 Å². The summed E-state index contributed by atoms with van der Waals surface area (Å²) < 4.78 is 2.27. The summed E-state index contributed by atoms with van der Waals surface area (Å²) in [6.07, 6.45) is 6.14. The highest BCUT2D eigenvalue weighted by atomic mass is 32.2. The van der Waals surface area contributed by atoms with Crippen molar-refractivity contribution in [1.82, 2.24) is 14.8 Å². The van der Waals surface area contributed by atoms with Crippen molar-refractivity contribution in [1.29, 1.82) is 0 Å². The summed E-state index contributed by atoms with van der Waals surface area (Å²) in [7, 11) is 0. The van der Waals surface area contributed by atoms with Gasteiger partial charge in [-0.2, -0.15) is 11.8 Å². The molecule has 16 heavy (non-hydrogen) atoms. The van der Waals surface area contributed by atoms with Gasteiger partial charge in [0.25, 0.3) is 0 Å². The maximum Gasteiger partial charge on any atom is 0.150 e. The Balaban J connectivity index is 1.89. The van der Waals surface area contributed by atoms with E-state index in [1.165, 1.54) is 30.8 Å². The van der Waals surface area contributed by atoms with Gasteiger partial charge in [-0.15, -0.1) is 10.2 Å². The highest BCUT2D eigenvalue weighted by molar-refractivity contribution is 7.99. The normalized spacial score (nSPS) is 30.1. The number of nitrogens with zero attached hydrogens (tertiary/aromatic N) is 3. The molecule has 2 N–H and O–H groups in total. The van der Waals surface area contributed by atoms with Crippen molar-refractivity contribution in [2.75, 3.05) is 5.75 Å². The Morgan fingerprint density at radius 1 is 1.12 bits per heavy atom. The van der Waals surface area contributed by atoms with Crippen molar-refractivity contribution < 1.29 is 0 Å². The lowest BCUT2D eigenvalue weighted by molar-refractivity contribution is 0.439. The Hall–Kier alpha value is -0.550. The van der Waals surface area contributed by atoms with E-state index >= 15 is 0 Å². The number of nitrogens with two attached hydrogens (primary N) is 1. The fraction of sp³-hybridized carbons (Fsp3) is 0.818. The zero-order chi connectivity index (χ0) is 11.0. The molecule has 0 amide bonds. The minimum absolute atomic E-state index is 0.101. The van der Waals surface area contributed by atoms with Crippen molar-refractivity contribution in [2.24, 2.45) is 5.73 Å². The maximum absolute atomic E-state index is 6.06. The van der Waals surface area contributed by atoms with Crippen LogP contribution in [0.2, 0.25) is 0 Å². The minimum atomic E-state index is 0.101. The van der Waals surface area contributed by atoms with Crippen molar-refractivity contribution in [3.05, 3.63) is 11.6 Å². The maximum atomic E-state index is 6.06. The first-order valence-electron chi connectivity index (χ1n) is 6.16. The first-order valence-corrected chi connectivity index (χ1v) is 7.21. The summed E-state index contributed by atoms with van der Waals surface area (Å²) in [6.45, 7) is 1.06. The Morgan fingerprint density at radius 3 is 2.81 bits per heavy atom. The van der Waals surface area contributed by atoms with Crippen LogP contribution in [0.5, 0.6) is 0 Å². The average Bonchev–Trinajstić information content (AvgIpc) is 2.75. The van der Waals surface area contributed by atoms with Gasteiger partial charge in [-0.1, -0.05) is 6.42 Å². The van der Waals surface area contributed by atoms with Gasteiger partial charge in [-0.3, -0.25) is 0 Å². The van der Waals surface area contributed by atoms with E-state index in [-0.39, 0.29) is 6.04 Å². The molecule has 1 aromatic rings. The number of aromatic nitrogens is 3. The predicted octanol–water partition coefficient (Wildman–Crippen LogP) is 2.03. The lowest BCUT2D eigenvalue weighted by atomic mass is 10.1. The molecule has 1 saturated heterocycles. The second kappa shape index (κ2) is 4.37. The van der Waals surface area contributed by atoms with Gasteiger partial charge in [0.05, 0.1) is 11.3 Å². The Labute approximate surface area is 100.0 Å². The van der Waals surface area contributed by atoms with Gasteiger partial charge in [0.1, 0.15) is 11.6 Å². The third-order valence-corrected chi connectivity index (χ3v) is 4.88. The van der Waals surface area contributed by atoms with Gasteiger partial charge in [-0.25, -0.2) is 0 Å². The van der Waals surface area contributed by atoms with E-state index in [9.17, 15) is 0 Å². The molecular formula is C11H18N4S. The van der Waals surface area contributed by atoms with Gasteiger partial charge in [0, 0.05) is 6.54 Å². The van der Waals surface area contributed by atoms with E-state index in [4.69, 9.17) is 5.73 Å². The molecule has 0 spiro atoms. The molecule has 1 aromatic heterocycles. The van der Waals surface area contributed by atoms with Crippen LogP contribution in [0.1, 0.15) is 55.0 Å². The fourth-order valence-electron chi connectivity index (χ4n) is 2.61. The summed E-state index contributed by atoms with van der Waals surface area (Å²) in [6, 6.07) is 0.101. The summed E-state index contributed by atoms with van der Waals surface area (Å²) >= 11 is 2.03. The Bertz CT molecular complexity index is 370. The molecule has 4 nitrogen and oxygen atoms in total. The Kier molecular flexibility index (Phi) is 2.90. The molecule has 0 bridgehead atoms. The molecule has 88 valence electrons. The predicted molar refractivity (Wildman–Crippen MR) is 65.2 cm³/mol. The molecule has 2 atom stereocenters. The molecule has 5 heteroatoms. The third kappa shape index (κ3) is 1.76. The highest BCUT2D eigenvalue weighted by Gasteiger charge is 2.27. The molecule has 0 aliphatic carbocycles. The molecule has 2 unspecified atom stereocenters. The molecule has 0 saturated carbocycles. The van der Waals surface area contributed by atoms with Gasteiger partial charge < -0.3 is 10.3 Å². The summed E-state index contributed by atoms with van der Waals surface area (Å²) in [5, 5.41) is 9.23. The van der Waals surface area contributed by atoms with Crippen LogP contribution in [0.25, 0.3) is 0 Å². The van der Waals surface area contributed by atoms with Gasteiger partial charge >= 0.3 is 0 Å². The van der Waals surface area contributed by atoms with Crippen LogP contribution in [0.3, 0.4) is 0 Å². The summed E-state index contributed by atoms with van der Waals surface area (Å²) in [5.41, 5.74) is 6.06. The minimum Gasteiger partial charge on any atom is -0.321 e. The summed E-state index contributed by atoms with van der Waals surface area (Å²) in [5.74, 6) is 3.45. The van der Waals surface area contributed by atoms with Crippen LogP contribution in [0, 0.1) is 0 Å². The van der Waals surface area contributed by atoms with Crippen LogP contribution in [-0.2, 0) is 6.54 Å². The van der Waals surface area contributed by atoms with Crippen LogP contribution in [0.15, 0.2) is 0 Å². The quantitative estimate of drug-likeness (QED) is 0.813. The van der Waals surface area contributed by atoms with E-state index in [2.05, 4.69) is 14.8 Å². The monoisotopic (exact) mass is 238 g/mol. The molecule has 0 radical (unpaired) electrons. The number of hydrogen-bond acceptors (Lipinski definition) is 4. The molecule has 2 aliphatic rings. The number of thioether (sulfide) groups is 1. The van der Waals surface area contributed by atoms with Crippen molar-refractivity contribution in [3.63, 3.8) is 0 Å².